The maximum Gasteiger partial charge on any atom is 0.289 e. The minimum Gasteiger partial charge on any atom is -0.444 e. The van der Waals surface area contributed by atoms with Crippen LogP contribution >= 0.6 is 15.9 Å². The highest BCUT2D eigenvalue weighted by molar-refractivity contribution is 9.10. The Morgan fingerprint density at radius 2 is 2.09 bits per heavy atom. The minimum absolute atomic E-state index is 0.178. The average molecular weight is 362 g/mol. The fourth-order valence-corrected chi connectivity index (χ4v) is 2.43. The quantitative estimate of drug-likeness (QED) is 0.777. The number of furan rings is 1. The molecule has 0 aliphatic rings. The highest BCUT2D eigenvalue weighted by atomic mass is 79.9. The summed E-state index contributed by atoms with van der Waals surface area (Å²) >= 11 is 3.16. The summed E-state index contributed by atoms with van der Waals surface area (Å²) in [6, 6.07) is 10.3. The second-order valence-electron chi connectivity index (χ2n) is 4.79. The predicted molar refractivity (Wildman–Crippen MR) is 84.6 cm³/mol. The molecule has 0 aliphatic carbocycles. The van der Waals surface area contributed by atoms with E-state index in [0.717, 1.165) is 0 Å². The van der Waals surface area contributed by atoms with Crippen molar-refractivity contribution in [3.05, 3.63) is 63.0 Å². The third-order valence-electron chi connectivity index (χ3n) is 3.18. The van der Waals surface area contributed by atoms with E-state index < -0.39 is 0 Å². The lowest BCUT2D eigenvalue weighted by atomic mass is 10.2. The van der Waals surface area contributed by atoms with Gasteiger partial charge in [-0.2, -0.15) is 0 Å². The molecule has 0 spiro atoms. The van der Waals surface area contributed by atoms with E-state index in [9.17, 15) is 9.59 Å². The van der Waals surface area contributed by atoms with E-state index >= 15 is 0 Å². The van der Waals surface area contributed by atoms with Crippen LogP contribution in [0.4, 0.5) is 0 Å². The molecule has 0 bridgehead atoms. The van der Waals surface area contributed by atoms with Gasteiger partial charge >= 0.3 is 0 Å². The van der Waals surface area contributed by atoms with Gasteiger partial charge in [-0.25, -0.2) is 4.98 Å². The van der Waals surface area contributed by atoms with Crippen molar-refractivity contribution in [2.75, 3.05) is 7.05 Å². The van der Waals surface area contributed by atoms with Gasteiger partial charge in [0.2, 0.25) is 0 Å². The monoisotopic (exact) mass is 361 g/mol. The Balaban J connectivity index is 1.86. The number of aromatic nitrogens is 2. The molecular weight excluding hydrogens is 350 g/mol. The zero-order valence-electron chi connectivity index (χ0n) is 11.7. The molecule has 0 saturated heterocycles. The summed E-state index contributed by atoms with van der Waals surface area (Å²) in [7, 11) is 1.62. The van der Waals surface area contributed by atoms with E-state index in [1.807, 2.05) is 6.07 Å². The number of benzene rings is 1. The Kier molecular flexibility index (Phi) is 3.81. The highest BCUT2D eigenvalue weighted by Crippen LogP contribution is 2.16. The number of carbonyl (C=O) groups is 1. The molecule has 0 unspecified atom stereocenters. The Bertz CT molecular complexity index is 900. The molecule has 2 aromatic heterocycles. The van der Waals surface area contributed by atoms with Crippen LogP contribution in [0.25, 0.3) is 10.9 Å². The Labute approximate surface area is 133 Å². The maximum atomic E-state index is 12.2. The SMILES string of the molecule is CN(Cc1nc2ccccc2c(=O)[nH]1)C(=O)c1ccc(Br)o1. The summed E-state index contributed by atoms with van der Waals surface area (Å²) in [5.41, 5.74) is 0.380. The first-order valence-electron chi connectivity index (χ1n) is 6.53. The van der Waals surface area contributed by atoms with Crippen molar-refractivity contribution in [2.24, 2.45) is 0 Å². The van der Waals surface area contributed by atoms with E-state index in [1.165, 1.54) is 4.90 Å². The van der Waals surface area contributed by atoms with Crippen LogP contribution in [0.1, 0.15) is 16.4 Å². The Morgan fingerprint density at radius 3 is 2.82 bits per heavy atom. The van der Waals surface area contributed by atoms with Gasteiger partial charge in [-0.3, -0.25) is 9.59 Å². The zero-order chi connectivity index (χ0) is 15.7. The molecule has 0 aliphatic heterocycles. The molecule has 22 heavy (non-hydrogen) atoms. The normalized spacial score (nSPS) is 10.8. The summed E-state index contributed by atoms with van der Waals surface area (Å²) in [4.78, 5) is 32.7. The van der Waals surface area contributed by atoms with E-state index in [-0.39, 0.29) is 23.8 Å². The Morgan fingerprint density at radius 1 is 1.32 bits per heavy atom. The number of aromatic amines is 1. The molecular formula is C15H12BrN3O3. The number of fused-ring (bicyclic) bond motifs is 1. The molecule has 0 fully saturated rings. The maximum absolute atomic E-state index is 12.2. The van der Waals surface area contributed by atoms with Crippen LogP contribution < -0.4 is 5.56 Å². The molecule has 3 rings (SSSR count). The zero-order valence-corrected chi connectivity index (χ0v) is 13.3. The van der Waals surface area contributed by atoms with Crippen molar-refractivity contribution < 1.29 is 9.21 Å². The van der Waals surface area contributed by atoms with Gasteiger partial charge in [-0.1, -0.05) is 12.1 Å². The summed E-state index contributed by atoms with van der Waals surface area (Å²) in [5.74, 6) is 0.351. The number of halogens is 1. The number of hydrogen-bond acceptors (Lipinski definition) is 4. The lowest BCUT2D eigenvalue weighted by molar-refractivity contribution is 0.0748. The first kappa shape index (κ1) is 14.5. The smallest absolute Gasteiger partial charge is 0.289 e. The minimum atomic E-state index is -0.290. The molecule has 7 heteroatoms. The van der Waals surface area contributed by atoms with Crippen LogP contribution in [-0.4, -0.2) is 27.8 Å². The number of nitrogens with zero attached hydrogens (tertiary/aromatic N) is 2. The van der Waals surface area contributed by atoms with Crippen LogP contribution in [0, 0.1) is 0 Å². The first-order valence-corrected chi connectivity index (χ1v) is 7.32. The summed E-state index contributed by atoms with van der Waals surface area (Å²) in [6.07, 6.45) is 0. The lowest BCUT2D eigenvalue weighted by Crippen LogP contribution is -2.28. The van der Waals surface area contributed by atoms with Crippen molar-refractivity contribution >= 4 is 32.7 Å². The third kappa shape index (κ3) is 2.80. The van der Waals surface area contributed by atoms with Gasteiger partial charge in [0.15, 0.2) is 10.4 Å². The standard InChI is InChI=1S/C15H12BrN3O3/c1-19(15(21)11-6-7-12(16)22-11)8-13-17-10-5-3-2-4-9(10)14(20)18-13/h2-7H,8H2,1H3,(H,17,18,20). The second kappa shape index (κ2) is 5.76. The van der Waals surface area contributed by atoms with Gasteiger partial charge in [0.25, 0.3) is 11.5 Å². The van der Waals surface area contributed by atoms with E-state index in [1.54, 1.807) is 37.4 Å². The number of carbonyl (C=O) groups excluding carboxylic acids is 1. The van der Waals surface area contributed by atoms with Crippen LogP contribution in [-0.2, 0) is 6.54 Å². The third-order valence-corrected chi connectivity index (χ3v) is 3.61. The molecule has 112 valence electrons. The first-order chi connectivity index (χ1) is 10.5. The van der Waals surface area contributed by atoms with E-state index in [2.05, 4.69) is 25.9 Å². The van der Waals surface area contributed by atoms with Crippen LogP contribution in [0.15, 0.2) is 50.3 Å². The van der Waals surface area contributed by atoms with Gasteiger partial charge in [0.1, 0.15) is 5.82 Å². The Hall–Kier alpha value is -2.41. The van der Waals surface area contributed by atoms with Gasteiger partial charge in [-0.05, 0) is 40.2 Å². The van der Waals surface area contributed by atoms with Gasteiger partial charge in [0, 0.05) is 7.05 Å². The topological polar surface area (TPSA) is 79.2 Å². The summed E-state index contributed by atoms with van der Waals surface area (Å²) < 4.78 is 5.72. The number of nitrogens with one attached hydrogen (secondary N) is 1. The lowest BCUT2D eigenvalue weighted by Gasteiger charge is -2.15. The van der Waals surface area contributed by atoms with Crippen molar-refractivity contribution in [1.29, 1.82) is 0 Å². The molecule has 0 atom stereocenters. The number of amides is 1. The van der Waals surface area contributed by atoms with Gasteiger partial charge in [-0.15, -0.1) is 0 Å². The number of hydrogen-bond donors (Lipinski definition) is 1. The average Bonchev–Trinajstić information content (AvgIpc) is 2.93. The van der Waals surface area contributed by atoms with Crippen molar-refractivity contribution in [3.8, 4) is 0 Å². The van der Waals surface area contributed by atoms with Crippen LogP contribution in [0.2, 0.25) is 0 Å². The molecule has 6 nitrogen and oxygen atoms in total. The van der Waals surface area contributed by atoms with E-state index in [0.29, 0.717) is 21.4 Å². The molecule has 1 N–H and O–H groups in total. The number of para-hydroxylation sites is 1. The molecule has 1 amide bonds. The molecule has 0 saturated carbocycles. The van der Waals surface area contributed by atoms with Crippen molar-refractivity contribution in [1.82, 2.24) is 14.9 Å². The van der Waals surface area contributed by atoms with E-state index in [4.69, 9.17) is 4.42 Å². The van der Waals surface area contributed by atoms with Crippen molar-refractivity contribution in [2.45, 2.75) is 6.54 Å². The number of rotatable bonds is 3. The highest BCUT2D eigenvalue weighted by Gasteiger charge is 2.17. The van der Waals surface area contributed by atoms with Gasteiger partial charge in [0.05, 0.1) is 17.4 Å². The summed E-state index contributed by atoms with van der Waals surface area (Å²) in [6.45, 7) is 0.178. The molecule has 1 aromatic carbocycles. The largest absolute Gasteiger partial charge is 0.444 e. The second-order valence-corrected chi connectivity index (χ2v) is 5.58. The van der Waals surface area contributed by atoms with Crippen LogP contribution in [0.5, 0.6) is 0 Å². The van der Waals surface area contributed by atoms with Crippen molar-refractivity contribution in [3.63, 3.8) is 0 Å². The predicted octanol–water partition coefficient (Wildman–Crippen LogP) is 2.55. The molecule has 0 radical (unpaired) electrons. The molecule has 2 heterocycles. The fourth-order valence-electron chi connectivity index (χ4n) is 2.12. The number of H-pyrrole nitrogens is 1. The fraction of sp³-hybridized carbons (Fsp3) is 0.133. The molecule has 3 aromatic rings. The van der Waals surface area contributed by atoms with Gasteiger partial charge < -0.3 is 14.3 Å². The summed E-state index contributed by atoms with van der Waals surface area (Å²) in [5, 5.41) is 0.523. The van der Waals surface area contributed by atoms with Crippen LogP contribution in [0.3, 0.4) is 0 Å².